The highest BCUT2D eigenvalue weighted by Gasteiger charge is 2.29. The number of benzene rings is 2. The van der Waals surface area contributed by atoms with Gasteiger partial charge >= 0.3 is 12.1 Å². The van der Waals surface area contributed by atoms with Crippen LogP contribution in [0.1, 0.15) is 29.9 Å². The highest BCUT2D eigenvalue weighted by atomic mass is 16.5. The summed E-state index contributed by atoms with van der Waals surface area (Å²) in [5, 5.41) is 22.9. The van der Waals surface area contributed by atoms with Crippen LogP contribution in [0.3, 0.4) is 0 Å². The molecule has 0 aromatic heterocycles. The van der Waals surface area contributed by atoms with E-state index in [1.54, 1.807) is 0 Å². The molecule has 3 rings (SSSR count). The Kier molecular flexibility index (Phi) is 8.39. The molecule has 0 aliphatic heterocycles. The van der Waals surface area contributed by atoms with E-state index >= 15 is 0 Å². The molecule has 0 radical (unpaired) electrons. The van der Waals surface area contributed by atoms with Crippen LogP contribution in [-0.2, 0) is 19.1 Å². The summed E-state index contributed by atoms with van der Waals surface area (Å²) < 4.78 is 10.7. The number of alkyl carbamates (subject to hydrolysis) is 1. The van der Waals surface area contributed by atoms with Gasteiger partial charge in [0.15, 0.2) is 0 Å². The molecule has 2 unspecified atom stereocenters. The molecule has 2 aromatic carbocycles. The zero-order chi connectivity index (χ0) is 23.8. The van der Waals surface area contributed by atoms with Crippen LogP contribution in [0.5, 0.6) is 0 Å². The van der Waals surface area contributed by atoms with Gasteiger partial charge in [-0.2, -0.15) is 0 Å². The lowest BCUT2D eigenvalue weighted by Gasteiger charge is -2.19. The average Bonchev–Trinajstić information content (AvgIpc) is 3.13. The van der Waals surface area contributed by atoms with E-state index in [1.807, 2.05) is 36.4 Å². The highest BCUT2D eigenvalue weighted by Crippen LogP contribution is 2.44. The fraction of sp³-hybridized carbons (Fsp3) is 0.375. The summed E-state index contributed by atoms with van der Waals surface area (Å²) in [5.41, 5.74) is 4.48. The Morgan fingerprint density at radius 2 is 1.64 bits per heavy atom. The number of carboxylic acid groups (broad SMARTS) is 1. The molecule has 4 N–H and O–H groups in total. The minimum atomic E-state index is -1.23. The van der Waals surface area contributed by atoms with E-state index in [1.165, 1.54) is 7.11 Å². The number of hydrogen-bond donors (Lipinski definition) is 4. The maximum atomic E-state index is 12.3. The van der Waals surface area contributed by atoms with Crippen molar-refractivity contribution in [1.82, 2.24) is 10.6 Å². The average molecular weight is 456 g/mol. The predicted octanol–water partition coefficient (Wildman–Crippen LogP) is 1.88. The molecule has 9 heteroatoms. The molecule has 33 heavy (non-hydrogen) atoms. The van der Waals surface area contributed by atoms with Crippen LogP contribution in [0.4, 0.5) is 4.79 Å². The van der Waals surface area contributed by atoms with Gasteiger partial charge in [0, 0.05) is 32.6 Å². The van der Waals surface area contributed by atoms with Crippen LogP contribution in [0.25, 0.3) is 11.1 Å². The molecule has 1 aliphatic carbocycles. The van der Waals surface area contributed by atoms with Crippen molar-refractivity contribution >= 4 is 18.0 Å². The van der Waals surface area contributed by atoms with Crippen molar-refractivity contribution in [3.05, 3.63) is 59.7 Å². The largest absolute Gasteiger partial charge is 0.480 e. The highest BCUT2D eigenvalue weighted by molar-refractivity contribution is 5.84. The second kappa shape index (κ2) is 11.4. The molecule has 176 valence electrons. The number of aliphatic hydroxyl groups excluding tert-OH is 1. The molecule has 0 saturated carbocycles. The third-order valence-electron chi connectivity index (χ3n) is 5.62. The van der Waals surface area contributed by atoms with E-state index in [9.17, 15) is 14.4 Å². The number of rotatable bonds is 11. The van der Waals surface area contributed by atoms with Crippen molar-refractivity contribution in [3.8, 4) is 11.1 Å². The number of hydrogen-bond acceptors (Lipinski definition) is 6. The summed E-state index contributed by atoms with van der Waals surface area (Å²) >= 11 is 0. The van der Waals surface area contributed by atoms with Crippen LogP contribution in [0, 0.1) is 0 Å². The van der Waals surface area contributed by atoms with Crippen LogP contribution in [0.2, 0.25) is 0 Å². The number of carboxylic acids is 1. The van der Waals surface area contributed by atoms with Crippen LogP contribution >= 0.6 is 0 Å². The lowest BCUT2D eigenvalue weighted by atomic mass is 9.98. The van der Waals surface area contributed by atoms with Gasteiger partial charge in [0.2, 0.25) is 5.91 Å². The molecule has 0 saturated heterocycles. The van der Waals surface area contributed by atoms with Crippen molar-refractivity contribution in [2.24, 2.45) is 0 Å². The van der Waals surface area contributed by atoms with E-state index in [-0.39, 0.29) is 38.5 Å². The first-order chi connectivity index (χ1) is 15.9. The Labute approximate surface area is 191 Å². The molecular weight excluding hydrogens is 428 g/mol. The van der Waals surface area contributed by atoms with Gasteiger partial charge in [0.1, 0.15) is 12.6 Å². The molecule has 2 aromatic rings. The lowest BCUT2D eigenvalue weighted by Crippen LogP contribution is -2.44. The van der Waals surface area contributed by atoms with Gasteiger partial charge in [-0.3, -0.25) is 4.79 Å². The number of amides is 2. The molecular formula is C24H28N2O7. The summed E-state index contributed by atoms with van der Waals surface area (Å²) in [7, 11) is 1.39. The number of aliphatic hydroxyl groups is 1. The second-order valence-corrected chi connectivity index (χ2v) is 7.74. The zero-order valence-electron chi connectivity index (χ0n) is 18.3. The predicted molar refractivity (Wildman–Crippen MR) is 120 cm³/mol. The van der Waals surface area contributed by atoms with E-state index in [0.717, 1.165) is 22.3 Å². The summed E-state index contributed by atoms with van der Waals surface area (Å²) in [5.74, 6) is -1.85. The maximum absolute atomic E-state index is 12.3. The molecule has 0 fully saturated rings. The smallest absolute Gasteiger partial charge is 0.407 e. The van der Waals surface area contributed by atoms with Crippen molar-refractivity contribution in [2.45, 2.75) is 30.9 Å². The Balaban J connectivity index is 1.50. The topological polar surface area (TPSA) is 134 Å². The van der Waals surface area contributed by atoms with E-state index < -0.39 is 30.1 Å². The normalized spacial score (nSPS) is 14.0. The van der Waals surface area contributed by atoms with Crippen LogP contribution < -0.4 is 10.6 Å². The lowest BCUT2D eigenvalue weighted by molar-refractivity contribution is -0.142. The van der Waals surface area contributed by atoms with Gasteiger partial charge in [-0.05, 0) is 22.3 Å². The number of fused-ring (bicyclic) bond motifs is 3. The molecule has 2 amide bonds. The number of carbonyl (C=O) groups is 3. The minimum Gasteiger partial charge on any atom is -0.480 e. The van der Waals surface area contributed by atoms with Gasteiger partial charge < -0.3 is 30.3 Å². The van der Waals surface area contributed by atoms with Crippen molar-refractivity contribution < 1.29 is 34.1 Å². The summed E-state index contributed by atoms with van der Waals surface area (Å²) in [6.45, 7) is -0.188. The van der Waals surface area contributed by atoms with E-state index in [2.05, 4.69) is 22.8 Å². The number of ether oxygens (including phenoxy) is 2. The van der Waals surface area contributed by atoms with E-state index in [4.69, 9.17) is 19.7 Å². The number of nitrogens with one attached hydrogen (secondary N) is 2. The zero-order valence-corrected chi connectivity index (χ0v) is 18.3. The molecule has 0 heterocycles. The Morgan fingerprint density at radius 3 is 2.18 bits per heavy atom. The van der Waals surface area contributed by atoms with Crippen molar-refractivity contribution in [1.29, 1.82) is 0 Å². The number of aliphatic carboxylic acids is 1. The molecule has 0 spiro atoms. The minimum absolute atomic E-state index is 0.0122. The van der Waals surface area contributed by atoms with Crippen LogP contribution in [-0.4, -0.2) is 67.2 Å². The van der Waals surface area contributed by atoms with Crippen molar-refractivity contribution in [3.63, 3.8) is 0 Å². The Morgan fingerprint density at radius 1 is 1.03 bits per heavy atom. The first-order valence-electron chi connectivity index (χ1n) is 10.7. The third kappa shape index (κ3) is 6.09. The van der Waals surface area contributed by atoms with E-state index in [0.29, 0.717) is 0 Å². The fourth-order valence-electron chi connectivity index (χ4n) is 3.93. The SMILES string of the molecule is COC(CNC(=O)OCC1c2ccccc2-c2ccccc21)CC(=O)NC(CCO)C(=O)O. The Hall–Kier alpha value is -3.43. The third-order valence-corrected chi connectivity index (χ3v) is 5.62. The molecule has 2 atom stereocenters. The molecule has 1 aliphatic rings. The first kappa shape index (κ1) is 24.2. The fourth-order valence-corrected chi connectivity index (χ4v) is 3.93. The standard InChI is InChI=1S/C24H28N2O7/c1-32-15(12-22(28)26-21(10-11-27)23(29)30)13-25-24(31)33-14-20-18-8-4-2-6-16(18)17-7-3-5-9-19(17)20/h2-9,15,20-21,27H,10-14H2,1H3,(H,25,31)(H,26,28)(H,29,30). The summed E-state index contributed by atoms with van der Waals surface area (Å²) in [6.07, 6.45) is -1.57. The maximum Gasteiger partial charge on any atom is 0.407 e. The quantitative estimate of drug-likeness (QED) is 0.406. The van der Waals surface area contributed by atoms with Crippen LogP contribution in [0.15, 0.2) is 48.5 Å². The van der Waals surface area contributed by atoms with Gasteiger partial charge in [0.25, 0.3) is 0 Å². The summed E-state index contributed by atoms with van der Waals surface area (Å²) in [6, 6.07) is 14.9. The molecule has 9 nitrogen and oxygen atoms in total. The van der Waals surface area contributed by atoms with Crippen molar-refractivity contribution in [2.75, 3.05) is 26.9 Å². The van der Waals surface area contributed by atoms with Gasteiger partial charge in [-0.1, -0.05) is 48.5 Å². The number of carbonyl (C=O) groups excluding carboxylic acids is 2. The van der Waals surface area contributed by atoms with Gasteiger partial charge in [-0.15, -0.1) is 0 Å². The second-order valence-electron chi connectivity index (χ2n) is 7.74. The molecule has 0 bridgehead atoms. The summed E-state index contributed by atoms with van der Waals surface area (Å²) in [4.78, 5) is 35.5. The first-order valence-corrected chi connectivity index (χ1v) is 10.7. The van der Waals surface area contributed by atoms with Gasteiger partial charge in [-0.25, -0.2) is 9.59 Å². The number of methoxy groups -OCH3 is 1. The Bertz CT molecular complexity index is 949. The monoisotopic (exact) mass is 456 g/mol. The van der Waals surface area contributed by atoms with Gasteiger partial charge in [0.05, 0.1) is 12.5 Å².